The van der Waals surface area contributed by atoms with E-state index in [4.69, 9.17) is 4.98 Å². The third-order valence-corrected chi connectivity index (χ3v) is 5.52. The van der Waals surface area contributed by atoms with Crippen molar-refractivity contribution in [1.29, 1.82) is 0 Å². The number of carbonyl (C=O) groups excluding carboxylic acids is 1. The number of hydrogen-bond acceptors (Lipinski definition) is 4. The first-order chi connectivity index (χ1) is 14.5. The van der Waals surface area contributed by atoms with Gasteiger partial charge >= 0.3 is 0 Å². The molecule has 5 heteroatoms. The number of rotatable bonds is 4. The van der Waals surface area contributed by atoms with Crippen molar-refractivity contribution in [3.63, 3.8) is 0 Å². The van der Waals surface area contributed by atoms with Crippen LogP contribution >= 0.6 is 0 Å². The maximum absolute atomic E-state index is 12.7. The van der Waals surface area contributed by atoms with Gasteiger partial charge in [-0.25, -0.2) is 9.97 Å². The number of anilines is 1. The number of fused-ring (bicyclic) bond motifs is 1. The fourth-order valence-electron chi connectivity index (χ4n) is 3.81. The summed E-state index contributed by atoms with van der Waals surface area (Å²) in [7, 11) is 0. The lowest BCUT2D eigenvalue weighted by atomic mass is 10.0. The quantitative estimate of drug-likeness (QED) is 0.608. The molecule has 30 heavy (non-hydrogen) atoms. The van der Waals surface area contributed by atoms with Crippen LogP contribution in [0.2, 0.25) is 0 Å². The first kappa shape index (κ1) is 20.1. The van der Waals surface area contributed by atoms with E-state index in [1.54, 1.807) is 6.08 Å². The second-order valence-corrected chi connectivity index (χ2v) is 8.09. The van der Waals surface area contributed by atoms with Crippen molar-refractivity contribution in [2.75, 3.05) is 31.1 Å². The van der Waals surface area contributed by atoms with E-state index in [1.165, 1.54) is 5.39 Å². The number of hydrogen-bond donors (Lipinski definition) is 0. The van der Waals surface area contributed by atoms with Gasteiger partial charge in [-0.1, -0.05) is 56.3 Å². The molecule has 0 N–H and O–H groups in total. The number of carbonyl (C=O) groups is 1. The molecule has 1 aliphatic heterocycles. The van der Waals surface area contributed by atoms with Crippen molar-refractivity contribution in [3.8, 4) is 0 Å². The summed E-state index contributed by atoms with van der Waals surface area (Å²) in [6.07, 6.45) is 3.63. The molecule has 1 amide bonds. The maximum Gasteiger partial charge on any atom is 0.246 e. The van der Waals surface area contributed by atoms with Crippen LogP contribution in [0.4, 0.5) is 5.82 Å². The second kappa shape index (κ2) is 8.66. The van der Waals surface area contributed by atoms with Crippen molar-refractivity contribution in [2.45, 2.75) is 26.7 Å². The SMILES string of the molecule is Cc1cc(N2CCN(C(=O)/C=C/c3cccc4ccccc34)CC2)nc(C(C)C)n1. The van der Waals surface area contributed by atoms with Crippen LogP contribution in [0.25, 0.3) is 16.8 Å². The summed E-state index contributed by atoms with van der Waals surface area (Å²) < 4.78 is 0. The summed E-state index contributed by atoms with van der Waals surface area (Å²) in [5, 5.41) is 2.34. The van der Waals surface area contributed by atoms with Gasteiger partial charge in [-0.05, 0) is 29.3 Å². The van der Waals surface area contributed by atoms with Gasteiger partial charge in [0.05, 0.1) is 0 Å². The molecule has 0 bridgehead atoms. The van der Waals surface area contributed by atoms with Gasteiger partial charge in [0.2, 0.25) is 5.91 Å². The molecular weight excluding hydrogens is 372 g/mol. The molecule has 1 fully saturated rings. The largest absolute Gasteiger partial charge is 0.353 e. The van der Waals surface area contributed by atoms with Crippen molar-refractivity contribution in [1.82, 2.24) is 14.9 Å². The first-order valence-electron chi connectivity index (χ1n) is 10.6. The standard InChI is InChI=1S/C25H28N4O/c1-18(2)25-26-19(3)17-23(27-25)28-13-15-29(16-14-28)24(30)12-11-21-9-6-8-20-7-4-5-10-22(20)21/h4-12,17-18H,13-16H2,1-3H3/b12-11+. The molecule has 5 nitrogen and oxygen atoms in total. The Morgan fingerprint density at radius 2 is 1.73 bits per heavy atom. The number of aryl methyl sites for hydroxylation is 1. The third-order valence-electron chi connectivity index (χ3n) is 5.52. The van der Waals surface area contributed by atoms with Gasteiger partial charge < -0.3 is 9.80 Å². The Morgan fingerprint density at radius 1 is 1.00 bits per heavy atom. The van der Waals surface area contributed by atoms with Gasteiger partial charge in [0, 0.05) is 49.9 Å². The lowest BCUT2D eigenvalue weighted by Gasteiger charge is -2.35. The molecule has 3 aromatic rings. The molecule has 2 aromatic carbocycles. The molecule has 1 aliphatic rings. The van der Waals surface area contributed by atoms with E-state index in [9.17, 15) is 4.79 Å². The zero-order valence-electron chi connectivity index (χ0n) is 17.9. The molecule has 1 saturated heterocycles. The van der Waals surface area contributed by atoms with Crippen LogP contribution in [0.5, 0.6) is 0 Å². The molecule has 0 atom stereocenters. The maximum atomic E-state index is 12.7. The van der Waals surface area contributed by atoms with Crippen LogP contribution in [-0.2, 0) is 4.79 Å². The minimum absolute atomic E-state index is 0.0596. The van der Waals surface area contributed by atoms with Crippen LogP contribution in [0, 0.1) is 6.92 Å². The Kier molecular flexibility index (Phi) is 5.79. The summed E-state index contributed by atoms with van der Waals surface area (Å²) in [4.78, 5) is 26.2. The smallest absolute Gasteiger partial charge is 0.246 e. The van der Waals surface area contributed by atoms with E-state index in [0.29, 0.717) is 19.0 Å². The summed E-state index contributed by atoms with van der Waals surface area (Å²) in [6.45, 7) is 9.17. The highest BCUT2D eigenvalue weighted by atomic mass is 16.2. The predicted octanol–water partition coefficient (Wildman–Crippen LogP) is 4.42. The normalized spacial score (nSPS) is 14.8. The van der Waals surface area contributed by atoms with Crippen molar-refractivity contribution in [2.24, 2.45) is 0 Å². The lowest BCUT2D eigenvalue weighted by molar-refractivity contribution is -0.126. The fourth-order valence-corrected chi connectivity index (χ4v) is 3.81. The Balaban J connectivity index is 1.42. The average molecular weight is 401 g/mol. The predicted molar refractivity (Wildman–Crippen MR) is 123 cm³/mol. The summed E-state index contributed by atoms with van der Waals surface area (Å²) in [5.74, 6) is 2.20. The van der Waals surface area contributed by atoms with E-state index < -0.39 is 0 Å². The highest BCUT2D eigenvalue weighted by Gasteiger charge is 2.21. The fraction of sp³-hybridized carbons (Fsp3) is 0.320. The monoisotopic (exact) mass is 400 g/mol. The Hall–Kier alpha value is -3.21. The molecule has 0 unspecified atom stereocenters. The Labute approximate surface area is 178 Å². The van der Waals surface area contributed by atoms with Crippen molar-refractivity contribution >= 4 is 28.6 Å². The lowest BCUT2D eigenvalue weighted by Crippen LogP contribution is -2.48. The topological polar surface area (TPSA) is 49.3 Å². The van der Waals surface area contributed by atoms with Gasteiger partial charge in [0.1, 0.15) is 11.6 Å². The molecule has 1 aromatic heterocycles. The van der Waals surface area contributed by atoms with Crippen LogP contribution in [0.15, 0.2) is 54.6 Å². The van der Waals surface area contributed by atoms with Gasteiger partial charge in [0.25, 0.3) is 0 Å². The molecule has 4 rings (SSSR count). The minimum atomic E-state index is 0.0596. The van der Waals surface area contributed by atoms with Crippen LogP contribution < -0.4 is 4.90 Å². The zero-order chi connectivity index (χ0) is 21.1. The van der Waals surface area contributed by atoms with Crippen LogP contribution in [-0.4, -0.2) is 47.0 Å². The molecule has 0 radical (unpaired) electrons. The Morgan fingerprint density at radius 3 is 2.50 bits per heavy atom. The number of piperazine rings is 1. The average Bonchev–Trinajstić information content (AvgIpc) is 2.77. The van der Waals surface area contributed by atoms with Crippen molar-refractivity contribution < 1.29 is 4.79 Å². The summed E-state index contributed by atoms with van der Waals surface area (Å²) in [6, 6.07) is 16.4. The van der Waals surface area contributed by atoms with Gasteiger partial charge in [0.15, 0.2) is 0 Å². The van der Waals surface area contributed by atoms with Gasteiger partial charge in [-0.3, -0.25) is 4.79 Å². The molecular formula is C25H28N4O. The molecule has 0 spiro atoms. The summed E-state index contributed by atoms with van der Waals surface area (Å²) >= 11 is 0. The van der Waals surface area contributed by atoms with E-state index in [2.05, 4.69) is 41.9 Å². The molecule has 2 heterocycles. The molecule has 0 saturated carbocycles. The van der Waals surface area contributed by atoms with Crippen molar-refractivity contribution in [3.05, 3.63) is 71.7 Å². The highest BCUT2D eigenvalue weighted by Crippen LogP contribution is 2.21. The van der Waals surface area contributed by atoms with E-state index in [0.717, 1.165) is 41.4 Å². The number of amides is 1. The molecule has 0 aliphatic carbocycles. The second-order valence-electron chi connectivity index (χ2n) is 8.09. The summed E-state index contributed by atoms with van der Waals surface area (Å²) in [5.41, 5.74) is 2.05. The number of benzene rings is 2. The highest BCUT2D eigenvalue weighted by molar-refractivity contribution is 5.96. The van der Waals surface area contributed by atoms with E-state index in [1.807, 2.05) is 48.2 Å². The van der Waals surface area contributed by atoms with Crippen LogP contribution in [0.3, 0.4) is 0 Å². The van der Waals surface area contributed by atoms with E-state index in [-0.39, 0.29) is 5.91 Å². The number of aromatic nitrogens is 2. The first-order valence-corrected chi connectivity index (χ1v) is 10.6. The number of nitrogens with zero attached hydrogens (tertiary/aromatic N) is 4. The van der Waals surface area contributed by atoms with Crippen LogP contribution in [0.1, 0.15) is 36.8 Å². The van der Waals surface area contributed by atoms with Gasteiger partial charge in [-0.15, -0.1) is 0 Å². The zero-order valence-corrected chi connectivity index (χ0v) is 17.9. The Bertz CT molecular complexity index is 1080. The van der Waals surface area contributed by atoms with Gasteiger partial charge in [-0.2, -0.15) is 0 Å². The third kappa shape index (κ3) is 4.35. The van der Waals surface area contributed by atoms with E-state index >= 15 is 0 Å². The molecule has 154 valence electrons. The minimum Gasteiger partial charge on any atom is -0.353 e.